The van der Waals surface area contributed by atoms with Crippen molar-refractivity contribution in [3.05, 3.63) is 59.4 Å². The van der Waals surface area contributed by atoms with E-state index in [2.05, 4.69) is 0 Å². The zero-order chi connectivity index (χ0) is 14.0. The number of carbonyl (C=O) groups is 1. The number of rotatable bonds is 3. The Bertz CT molecular complexity index is 639. The molecule has 0 heterocycles. The molecule has 0 saturated carbocycles. The van der Waals surface area contributed by atoms with Crippen LogP contribution < -0.4 is 4.74 Å². The molecule has 0 aliphatic heterocycles. The molecule has 0 fully saturated rings. The van der Waals surface area contributed by atoms with E-state index >= 15 is 0 Å². The lowest BCUT2D eigenvalue weighted by Gasteiger charge is -2.10. The minimum atomic E-state index is -1.17. The summed E-state index contributed by atoms with van der Waals surface area (Å²) in [4.78, 5) is 11.3. The quantitative estimate of drug-likeness (QED) is 0.782. The second-order valence-electron chi connectivity index (χ2n) is 3.85. The molecule has 0 N–H and O–H groups in total. The number of carbonyl (C=O) groups excluding carboxylic acids is 1. The van der Waals surface area contributed by atoms with E-state index in [1.54, 1.807) is 0 Å². The molecule has 0 atom stereocenters. The second-order valence-corrected chi connectivity index (χ2v) is 3.85. The topological polar surface area (TPSA) is 26.3 Å². The average molecular weight is 266 g/mol. The highest BCUT2D eigenvalue weighted by atomic mass is 19.2. The summed E-state index contributed by atoms with van der Waals surface area (Å²) in [7, 11) is 0. The summed E-state index contributed by atoms with van der Waals surface area (Å²) in [6.45, 7) is 1.23. The van der Waals surface area contributed by atoms with Crippen LogP contribution in [0.5, 0.6) is 11.5 Å². The van der Waals surface area contributed by atoms with Crippen molar-refractivity contribution in [2.75, 3.05) is 0 Å². The Kier molecular flexibility index (Phi) is 3.55. The highest BCUT2D eigenvalue weighted by molar-refractivity contribution is 5.96. The van der Waals surface area contributed by atoms with Gasteiger partial charge in [0.05, 0.1) is 5.56 Å². The second kappa shape index (κ2) is 5.14. The molecule has 5 heteroatoms. The van der Waals surface area contributed by atoms with Gasteiger partial charge in [0.2, 0.25) is 5.82 Å². The summed E-state index contributed by atoms with van der Waals surface area (Å²) in [6.07, 6.45) is 0. The minimum absolute atomic E-state index is 0.0293. The number of hydrogen-bond acceptors (Lipinski definition) is 2. The van der Waals surface area contributed by atoms with Crippen LogP contribution in [0.3, 0.4) is 0 Å². The molecule has 2 aromatic rings. The van der Waals surface area contributed by atoms with Crippen LogP contribution in [0.1, 0.15) is 17.3 Å². The molecule has 0 amide bonds. The Labute approximate surface area is 107 Å². The molecular formula is C14H9F3O2. The van der Waals surface area contributed by atoms with Gasteiger partial charge >= 0.3 is 0 Å². The van der Waals surface area contributed by atoms with Crippen LogP contribution in [0.2, 0.25) is 0 Å². The first-order valence-electron chi connectivity index (χ1n) is 5.41. The molecule has 98 valence electrons. The Hall–Kier alpha value is -2.30. The Morgan fingerprint density at radius 3 is 2.47 bits per heavy atom. The fourth-order valence-electron chi connectivity index (χ4n) is 1.55. The molecule has 0 radical (unpaired) electrons. The van der Waals surface area contributed by atoms with Crippen molar-refractivity contribution in [2.24, 2.45) is 0 Å². The number of Topliss-reactive ketones (excluding diaryl/α,β-unsaturated/α-hetero) is 1. The molecule has 2 aromatic carbocycles. The first-order valence-corrected chi connectivity index (χ1v) is 5.41. The van der Waals surface area contributed by atoms with E-state index in [4.69, 9.17) is 4.74 Å². The van der Waals surface area contributed by atoms with E-state index in [1.165, 1.54) is 25.1 Å². The van der Waals surface area contributed by atoms with Gasteiger partial charge in [-0.1, -0.05) is 6.07 Å². The lowest BCUT2D eigenvalue weighted by molar-refractivity contribution is 0.101. The van der Waals surface area contributed by atoms with Gasteiger partial charge in [-0.15, -0.1) is 0 Å². The standard InChI is InChI=1S/C14H9F3O2/c1-8(18)10-7-9(15)5-6-12(10)19-13-4-2-3-11(16)14(13)17/h2-7H,1H3. The van der Waals surface area contributed by atoms with Crippen molar-refractivity contribution in [2.45, 2.75) is 6.92 Å². The van der Waals surface area contributed by atoms with Crippen LogP contribution in [0.15, 0.2) is 36.4 Å². The van der Waals surface area contributed by atoms with Crippen LogP contribution in [0, 0.1) is 17.5 Å². The third kappa shape index (κ3) is 2.76. The van der Waals surface area contributed by atoms with E-state index in [0.29, 0.717) is 0 Å². The Morgan fingerprint density at radius 1 is 1.05 bits per heavy atom. The maximum atomic E-state index is 13.4. The van der Waals surface area contributed by atoms with Gasteiger partial charge < -0.3 is 4.74 Å². The molecule has 2 nitrogen and oxygen atoms in total. The van der Waals surface area contributed by atoms with Crippen molar-refractivity contribution in [1.29, 1.82) is 0 Å². The van der Waals surface area contributed by atoms with E-state index < -0.39 is 23.2 Å². The lowest BCUT2D eigenvalue weighted by atomic mass is 10.1. The van der Waals surface area contributed by atoms with Crippen molar-refractivity contribution < 1.29 is 22.7 Å². The molecule has 0 bridgehead atoms. The van der Waals surface area contributed by atoms with Crippen LogP contribution in [-0.2, 0) is 0 Å². The number of ether oxygens (including phenoxy) is 1. The van der Waals surface area contributed by atoms with Crippen molar-refractivity contribution in [3.63, 3.8) is 0 Å². The van der Waals surface area contributed by atoms with Gasteiger partial charge in [0, 0.05) is 0 Å². The summed E-state index contributed by atoms with van der Waals surface area (Å²) in [5.74, 6) is -3.68. The number of halogens is 3. The van der Waals surface area contributed by atoms with Gasteiger partial charge in [-0.25, -0.2) is 8.78 Å². The summed E-state index contributed by atoms with van der Waals surface area (Å²) >= 11 is 0. The van der Waals surface area contributed by atoms with E-state index in [9.17, 15) is 18.0 Å². The first-order chi connectivity index (χ1) is 8.99. The zero-order valence-corrected chi connectivity index (χ0v) is 9.91. The normalized spacial score (nSPS) is 10.3. The largest absolute Gasteiger partial charge is 0.453 e. The van der Waals surface area contributed by atoms with Gasteiger partial charge in [0.1, 0.15) is 11.6 Å². The number of ketones is 1. The number of benzene rings is 2. The van der Waals surface area contributed by atoms with E-state index in [1.807, 2.05) is 0 Å². The molecule has 0 unspecified atom stereocenters. The molecule has 0 aromatic heterocycles. The fourth-order valence-corrected chi connectivity index (χ4v) is 1.55. The molecule has 0 aliphatic rings. The van der Waals surface area contributed by atoms with Crippen molar-refractivity contribution >= 4 is 5.78 Å². The van der Waals surface area contributed by atoms with Gasteiger partial charge in [-0.2, -0.15) is 4.39 Å². The summed E-state index contributed by atoms with van der Waals surface area (Å²) in [5, 5.41) is 0. The van der Waals surface area contributed by atoms with E-state index in [-0.39, 0.29) is 17.1 Å². The highest BCUT2D eigenvalue weighted by Crippen LogP contribution is 2.29. The predicted molar refractivity (Wildman–Crippen MR) is 62.8 cm³/mol. The fraction of sp³-hybridized carbons (Fsp3) is 0.0714. The lowest BCUT2D eigenvalue weighted by Crippen LogP contribution is -1.99. The van der Waals surface area contributed by atoms with Crippen LogP contribution >= 0.6 is 0 Å². The molecular weight excluding hydrogens is 257 g/mol. The molecule has 0 spiro atoms. The van der Waals surface area contributed by atoms with Gasteiger partial charge in [0.25, 0.3) is 0 Å². The van der Waals surface area contributed by atoms with Crippen molar-refractivity contribution in [1.82, 2.24) is 0 Å². The summed E-state index contributed by atoms with van der Waals surface area (Å²) in [6, 6.07) is 6.67. The van der Waals surface area contributed by atoms with Gasteiger partial charge in [-0.05, 0) is 37.3 Å². The number of hydrogen-bond donors (Lipinski definition) is 0. The van der Waals surface area contributed by atoms with Crippen LogP contribution in [0.4, 0.5) is 13.2 Å². The highest BCUT2D eigenvalue weighted by Gasteiger charge is 2.14. The third-order valence-electron chi connectivity index (χ3n) is 2.46. The predicted octanol–water partition coefficient (Wildman–Crippen LogP) is 4.10. The molecule has 2 rings (SSSR count). The zero-order valence-electron chi connectivity index (χ0n) is 9.91. The van der Waals surface area contributed by atoms with Crippen molar-refractivity contribution in [3.8, 4) is 11.5 Å². The minimum Gasteiger partial charge on any atom is -0.453 e. The maximum Gasteiger partial charge on any atom is 0.201 e. The third-order valence-corrected chi connectivity index (χ3v) is 2.46. The first kappa shape index (κ1) is 13.1. The molecule has 0 saturated heterocycles. The Morgan fingerprint density at radius 2 is 1.79 bits per heavy atom. The SMILES string of the molecule is CC(=O)c1cc(F)ccc1Oc1cccc(F)c1F. The smallest absolute Gasteiger partial charge is 0.201 e. The monoisotopic (exact) mass is 266 g/mol. The average Bonchev–Trinajstić information content (AvgIpc) is 2.36. The Balaban J connectivity index is 2.44. The summed E-state index contributed by atoms with van der Waals surface area (Å²) in [5.41, 5.74) is -0.0383. The maximum absolute atomic E-state index is 13.4. The van der Waals surface area contributed by atoms with Gasteiger partial charge in [0.15, 0.2) is 17.3 Å². The molecule has 0 aliphatic carbocycles. The van der Waals surface area contributed by atoms with Crippen LogP contribution in [-0.4, -0.2) is 5.78 Å². The van der Waals surface area contributed by atoms with Gasteiger partial charge in [-0.3, -0.25) is 4.79 Å². The van der Waals surface area contributed by atoms with Crippen LogP contribution in [0.25, 0.3) is 0 Å². The summed E-state index contributed by atoms with van der Waals surface area (Å²) < 4.78 is 44.6. The molecule has 19 heavy (non-hydrogen) atoms. The van der Waals surface area contributed by atoms with E-state index in [0.717, 1.165) is 18.2 Å².